The number of amides is 3. The number of urea groups is 1. The predicted molar refractivity (Wildman–Crippen MR) is 84.8 cm³/mol. The molecule has 24 heavy (non-hydrogen) atoms. The Labute approximate surface area is 139 Å². The van der Waals surface area contributed by atoms with Crippen LogP contribution in [0.4, 0.5) is 13.6 Å². The highest BCUT2D eigenvalue weighted by molar-refractivity contribution is 5.84. The second-order valence-corrected chi connectivity index (χ2v) is 6.57. The van der Waals surface area contributed by atoms with E-state index >= 15 is 0 Å². The van der Waals surface area contributed by atoms with Crippen molar-refractivity contribution in [1.29, 1.82) is 0 Å². The van der Waals surface area contributed by atoms with Gasteiger partial charge in [-0.3, -0.25) is 4.79 Å². The number of piperidine rings is 1. The SMILES string of the molecule is O=C1NCC2(CCN(C(=O)C(F)(F)CCc3ccccc3)CC2)N1. The molecular weight excluding hydrogens is 316 g/mol. The summed E-state index contributed by atoms with van der Waals surface area (Å²) in [5.74, 6) is -4.47. The van der Waals surface area contributed by atoms with E-state index in [9.17, 15) is 18.4 Å². The lowest BCUT2D eigenvalue weighted by molar-refractivity contribution is -0.160. The zero-order valence-corrected chi connectivity index (χ0v) is 13.4. The van der Waals surface area contributed by atoms with Gasteiger partial charge in [0.05, 0.1) is 5.54 Å². The van der Waals surface area contributed by atoms with Gasteiger partial charge in [-0.1, -0.05) is 30.3 Å². The number of nitrogens with one attached hydrogen (secondary N) is 2. The first kappa shape index (κ1) is 16.7. The highest BCUT2D eigenvalue weighted by Gasteiger charge is 2.46. The summed E-state index contributed by atoms with van der Waals surface area (Å²) in [5, 5.41) is 5.53. The maximum atomic E-state index is 14.2. The van der Waals surface area contributed by atoms with Gasteiger partial charge in [-0.05, 0) is 24.8 Å². The first-order chi connectivity index (χ1) is 11.4. The second kappa shape index (κ2) is 6.37. The normalized spacial score (nSPS) is 19.9. The van der Waals surface area contributed by atoms with Crippen LogP contribution >= 0.6 is 0 Å². The molecule has 0 aliphatic carbocycles. The van der Waals surface area contributed by atoms with Crippen LogP contribution in [0.2, 0.25) is 0 Å². The van der Waals surface area contributed by atoms with Gasteiger partial charge >= 0.3 is 12.0 Å². The fraction of sp³-hybridized carbons (Fsp3) is 0.529. The monoisotopic (exact) mass is 337 g/mol. The zero-order valence-electron chi connectivity index (χ0n) is 13.4. The minimum Gasteiger partial charge on any atom is -0.337 e. The summed E-state index contributed by atoms with van der Waals surface area (Å²) in [7, 11) is 0. The Morgan fingerprint density at radius 3 is 2.46 bits per heavy atom. The lowest BCUT2D eigenvalue weighted by Crippen LogP contribution is -2.56. The molecule has 0 saturated carbocycles. The van der Waals surface area contributed by atoms with Crippen molar-refractivity contribution in [2.75, 3.05) is 19.6 Å². The highest BCUT2D eigenvalue weighted by Crippen LogP contribution is 2.29. The molecule has 2 aliphatic rings. The van der Waals surface area contributed by atoms with Crippen molar-refractivity contribution in [2.24, 2.45) is 0 Å². The van der Waals surface area contributed by atoms with Crippen molar-refractivity contribution in [3.63, 3.8) is 0 Å². The average Bonchev–Trinajstić information content (AvgIpc) is 2.94. The number of aryl methyl sites for hydroxylation is 1. The Hall–Kier alpha value is -2.18. The Morgan fingerprint density at radius 2 is 1.88 bits per heavy atom. The average molecular weight is 337 g/mol. The molecule has 0 bridgehead atoms. The predicted octanol–water partition coefficient (Wildman–Crippen LogP) is 1.93. The van der Waals surface area contributed by atoms with Crippen LogP contribution in [-0.4, -0.2) is 47.9 Å². The molecule has 2 saturated heterocycles. The molecule has 5 nitrogen and oxygen atoms in total. The molecule has 1 aromatic carbocycles. The zero-order chi connectivity index (χ0) is 17.2. The van der Waals surface area contributed by atoms with Crippen molar-refractivity contribution >= 4 is 11.9 Å². The molecule has 2 fully saturated rings. The molecule has 2 aliphatic heterocycles. The molecule has 1 spiro atoms. The number of benzene rings is 1. The summed E-state index contributed by atoms with van der Waals surface area (Å²) < 4.78 is 28.5. The Balaban J connectivity index is 1.54. The number of nitrogens with zero attached hydrogens (tertiary/aromatic N) is 1. The lowest BCUT2D eigenvalue weighted by atomic mass is 9.88. The first-order valence-corrected chi connectivity index (χ1v) is 8.17. The van der Waals surface area contributed by atoms with Crippen molar-refractivity contribution in [3.05, 3.63) is 35.9 Å². The number of carbonyl (C=O) groups is 2. The summed E-state index contributed by atoms with van der Waals surface area (Å²) in [6, 6.07) is 8.74. The molecule has 0 radical (unpaired) electrons. The molecule has 0 unspecified atom stereocenters. The number of alkyl halides is 2. The highest BCUT2D eigenvalue weighted by atomic mass is 19.3. The maximum absolute atomic E-state index is 14.2. The second-order valence-electron chi connectivity index (χ2n) is 6.57. The number of likely N-dealkylation sites (tertiary alicyclic amines) is 1. The van der Waals surface area contributed by atoms with E-state index in [1.807, 2.05) is 6.07 Å². The number of halogens is 2. The van der Waals surface area contributed by atoms with E-state index in [1.54, 1.807) is 24.3 Å². The number of rotatable bonds is 4. The van der Waals surface area contributed by atoms with E-state index in [0.717, 1.165) is 5.56 Å². The number of hydrogen-bond donors (Lipinski definition) is 2. The van der Waals surface area contributed by atoms with Gasteiger partial charge in [-0.2, -0.15) is 8.78 Å². The molecule has 3 amide bonds. The Bertz CT molecular complexity index is 614. The Kier molecular flexibility index (Phi) is 4.43. The fourth-order valence-corrected chi connectivity index (χ4v) is 3.30. The molecule has 7 heteroatoms. The summed E-state index contributed by atoms with van der Waals surface area (Å²) in [5.41, 5.74) is 0.398. The van der Waals surface area contributed by atoms with Crippen LogP contribution in [0.3, 0.4) is 0 Å². The third-order valence-electron chi connectivity index (χ3n) is 4.86. The number of carbonyl (C=O) groups excluding carboxylic acids is 2. The Morgan fingerprint density at radius 1 is 1.21 bits per heavy atom. The van der Waals surface area contributed by atoms with Gasteiger partial charge in [0.15, 0.2) is 0 Å². The first-order valence-electron chi connectivity index (χ1n) is 8.17. The van der Waals surface area contributed by atoms with Crippen LogP contribution in [0.15, 0.2) is 30.3 Å². The van der Waals surface area contributed by atoms with Crippen LogP contribution < -0.4 is 10.6 Å². The van der Waals surface area contributed by atoms with Gasteiger partial charge in [-0.15, -0.1) is 0 Å². The summed E-state index contributed by atoms with van der Waals surface area (Å²) in [6.07, 6.45) is 0.658. The van der Waals surface area contributed by atoms with Gasteiger partial charge in [-0.25, -0.2) is 4.79 Å². The minimum atomic E-state index is -3.36. The summed E-state index contributed by atoms with van der Waals surface area (Å²) in [4.78, 5) is 24.7. The van der Waals surface area contributed by atoms with Crippen molar-refractivity contribution in [2.45, 2.75) is 37.1 Å². The van der Waals surface area contributed by atoms with E-state index in [2.05, 4.69) is 10.6 Å². The van der Waals surface area contributed by atoms with Crippen LogP contribution in [0.25, 0.3) is 0 Å². The quantitative estimate of drug-likeness (QED) is 0.882. The van der Waals surface area contributed by atoms with Gasteiger partial charge in [0.25, 0.3) is 5.91 Å². The van der Waals surface area contributed by atoms with Gasteiger partial charge < -0.3 is 15.5 Å². The molecule has 130 valence electrons. The van der Waals surface area contributed by atoms with Crippen LogP contribution in [-0.2, 0) is 11.2 Å². The summed E-state index contributed by atoms with van der Waals surface area (Å²) in [6.45, 7) is 0.960. The maximum Gasteiger partial charge on any atom is 0.325 e. The van der Waals surface area contributed by atoms with E-state index < -0.39 is 23.8 Å². The van der Waals surface area contributed by atoms with Crippen molar-refractivity contribution in [1.82, 2.24) is 15.5 Å². The van der Waals surface area contributed by atoms with Crippen molar-refractivity contribution in [3.8, 4) is 0 Å². The van der Waals surface area contributed by atoms with E-state index in [4.69, 9.17) is 0 Å². The van der Waals surface area contributed by atoms with Crippen molar-refractivity contribution < 1.29 is 18.4 Å². The standard InChI is InChI=1S/C17H21F2N3O2/c18-17(19,7-6-13-4-2-1-3-5-13)14(23)22-10-8-16(9-11-22)12-20-15(24)21-16/h1-5H,6-12H2,(H2,20,21,24). The van der Waals surface area contributed by atoms with Crippen LogP contribution in [0.5, 0.6) is 0 Å². The smallest absolute Gasteiger partial charge is 0.325 e. The largest absolute Gasteiger partial charge is 0.337 e. The van der Waals surface area contributed by atoms with E-state index in [0.29, 0.717) is 19.4 Å². The fourth-order valence-electron chi connectivity index (χ4n) is 3.30. The van der Waals surface area contributed by atoms with E-state index in [1.165, 1.54) is 4.90 Å². The van der Waals surface area contributed by atoms with Gasteiger partial charge in [0.1, 0.15) is 0 Å². The molecule has 0 atom stereocenters. The van der Waals surface area contributed by atoms with E-state index in [-0.39, 0.29) is 25.5 Å². The minimum absolute atomic E-state index is 0.164. The molecule has 1 aromatic rings. The molecular formula is C17H21F2N3O2. The number of hydrogen-bond acceptors (Lipinski definition) is 2. The molecule has 2 N–H and O–H groups in total. The summed E-state index contributed by atoms with van der Waals surface area (Å²) >= 11 is 0. The third kappa shape index (κ3) is 3.49. The molecule has 0 aromatic heterocycles. The lowest BCUT2D eigenvalue weighted by Gasteiger charge is -2.39. The molecule has 2 heterocycles. The molecule has 3 rings (SSSR count). The third-order valence-corrected chi connectivity index (χ3v) is 4.86. The van der Waals surface area contributed by atoms with Crippen LogP contribution in [0, 0.1) is 0 Å². The van der Waals surface area contributed by atoms with Gasteiger partial charge in [0.2, 0.25) is 0 Å². The van der Waals surface area contributed by atoms with Gasteiger partial charge in [0, 0.05) is 26.1 Å². The topological polar surface area (TPSA) is 61.4 Å². The van der Waals surface area contributed by atoms with Crippen LogP contribution in [0.1, 0.15) is 24.8 Å².